The maximum atomic E-state index is 5.61. The summed E-state index contributed by atoms with van der Waals surface area (Å²) in [6, 6.07) is 3.89. The summed E-state index contributed by atoms with van der Waals surface area (Å²) < 4.78 is 12.1. The van der Waals surface area contributed by atoms with E-state index in [0.29, 0.717) is 13.2 Å². The minimum absolute atomic E-state index is 0.591. The summed E-state index contributed by atoms with van der Waals surface area (Å²) in [4.78, 5) is 7.30. The summed E-state index contributed by atoms with van der Waals surface area (Å²) >= 11 is 3.51. The molecule has 96 valence electrons. The summed E-state index contributed by atoms with van der Waals surface area (Å²) in [7, 11) is 0. The van der Waals surface area contributed by atoms with Crippen molar-refractivity contribution >= 4 is 15.9 Å². The molecule has 0 saturated heterocycles. The molecule has 18 heavy (non-hydrogen) atoms. The van der Waals surface area contributed by atoms with Crippen molar-refractivity contribution in [1.29, 1.82) is 0 Å². The lowest BCUT2D eigenvalue weighted by Gasteiger charge is -2.13. The van der Waals surface area contributed by atoms with Crippen LogP contribution < -0.4 is 9.47 Å². The summed E-state index contributed by atoms with van der Waals surface area (Å²) in [5.41, 5.74) is 0.957. The van der Waals surface area contributed by atoms with Crippen molar-refractivity contribution in [2.24, 2.45) is 0 Å². The lowest BCUT2D eigenvalue weighted by atomic mass is 10.2. The molecule has 1 heterocycles. The maximum absolute atomic E-state index is 5.61. The molecule has 2 aromatic rings. The molecule has 0 amide bonds. The molecule has 0 radical (unpaired) electrons. The van der Waals surface area contributed by atoms with Crippen LogP contribution >= 0.6 is 15.9 Å². The molecule has 0 aliphatic rings. The Morgan fingerprint density at radius 1 is 1.22 bits per heavy atom. The van der Waals surface area contributed by atoms with Crippen LogP contribution in [0.3, 0.4) is 0 Å². The SMILES string of the molecule is CCOc1cc(-c2ncc[nH]2)cc(Br)c1OCC. The van der Waals surface area contributed by atoms with Crippen molar-refractivity contribution in [3.63, 3.8) is 0 Å². The number of aromatic nitrogens is 2. The molecule has 2 rings (SSSR count). The van der Waals surface area contributed by atoms with Crippen LogP contribution in [-0.4, -0.2) is 23.2 Å². The molecule has 0 saturated carbocycles. The Morgan fingerprint density at radius 3 is 2.61 bits per heavy atom. The zero-order valence-electron chi connectivity index (χ0n) is 10.4. The van der Waals surface area contributed by atoms with Crippen LogP contribution in [0.2, 0.25) is 0 Å². The molecule has 0 bridgehead atoms. The maximum Gasteiger partial charge on any atom is 0.175 e. The molecule has 1 aromatic carbocycles. The van der Waals surface area contributed by atoms with Gasteiger partial charge in [0, 0.05) is 18.0 Å². The Morgan fingerprint density at radius 2 is 2.00 bits per heavy atom. The highest BCUT2D eigenvalue weighted by atomic mass is 79.9. The second-order valence-corrected chi connectivity index (χ2v) is 4.44. The lowest BCUT2D eigenvalue weighted by molar-refractivity contribution is 0.286. The zero-order chi connectivity index (χ0) is 13.0. The first kappa shape index (κ1) is 13.0. The van der Waals surface area contributed by atoms with Crippen molar-refractivity contribution in [1.82, 2.24) is 9.97 Å². The number of hydrogen-bond acceptors (Lipinski definition) is 3. The number of aromatic amines is 1. The van der Waals surface area contributed by atoms with Gasteiger partial charge in [-0.2, -0.15) is 0 Å². The van der Waals surface area contributed by atoms with Gasteiger partial charge in [0.25, 0.3) is 0 Å². The van der Waals surface area contributed by atoms with Crippen LogP contribution in [0.15, 0.2) is 29.0 Å². The molecule has 4 nitrogen and oxygen atoms in total. The number of nitrogens with one attached hydrogen (secondary N) is 1. The van der Waals surface area contributed by atoms with Gasteiger partial charge in [-0.3, -0.25) is 0 Å². The van der Waals surface area contributed by atoms with Crippen LogP contribution in [0.5, 0.6) is 11.5 Å². The molecule has 0 aliphatic heterocycles. The van der Waals surface area contributed by atoms with Crippen LogP contribution in [-0.2, 0) is 0 Å². The average molecular weight is 311 g/mol. The lowest BCUT2D eigenvalue weighted by Crippen LogP contribution is -1.99. The third-order valence-electron chi connectivity index (χ3n) is 2.37. The molecule has 1 aromatic heterocycles. The number of rotatable bonds is 5. The summed E-state index contributed by atoms with van der Waals surface area (Å²) in [6.45, 7) is 5.08. The number of imidazole rings is 1. The quantitative estimate of drug-likeness (QED) is 0.917. The van der Waals surface area contributed by atoms with Gasteiger partial charge < -0.3 is 14.5 Å². The first-order chi connectivity index (χ1) is 8.76. The molecule has 1 N–H and O–H groups in total. The number of H-pyrrole nitrogens is 1. The van der Waals surface area contributed by atoms with Gasteiger partial charge in [-0.15, -0.1) is 0 Å². The molecule has 0 fully saturated rings. The molecule has 0 spiro atoms. The monoisotopic (exact) mass is 310 g/mol. The third kappa shape index (κ3) is 2.67. The Kier molecular flexibility index (Phi) is 4.25. The highest BCUT2D eigenvalue weighted by Gasteiger charge is 2.13. The Hall–Kier alpha value is -1.49. The number of hydrogen-bond donors (Lipinski definition) is 1. The molecule has 0 atom stereocenters. The minimum Gasteiger partial charge on any atom is -0.490 e. The molecule has 5 heteroatoms. The van der Waals surface area contributed by atoms with Gasteiger partial charge in [-0.25, -0.2) is 4.98 Å². The van der Waals surface area contributed by atoms with Gasteiger partial charge >= 0.3 is 0 Å². The number of halogens is 1. The Balaban J connectivity index is 2.46. The first-order valence-electron chi connectivity index (χ1n) is 5.85. The fraction of sp³-hybridized carbons (Fsp3) is 0.308. The summed E-state index contributed by atoms with van der Waals surface area (Å²) in [5.74, 6) is 2.26. The molecular weight excluding hydrogens is 296 g/mol. The Bertz CT molecular complexity index is 512. The van der Waals surface area contributed by atoms with Crippen molar-refractivity contribution in [3.05, 3.63) is 29.0 Å². The van der Waals surface area contributed by atoms with Gasteiger partial charge in [0.05, 0.1) is 17.7 Å². The first-order valence-corrected chi connectivity index (χ1v) is 6.64. The zero-order valence-corrected chi connectivity index (χ0v) is 12.0. The van der Waals surface area contributed by atoms with Crippen molar-refractivity contribution in [2.75, 3.05) is 13.2 Å². The van der Waals surface area contributed by atoms with E-state index in [1.165, 1.54) is 0 Å². The molecule has 0 aliphatic carbocycles. The van der Waals surface area contributed by atoms with Crippen LogP contribution in [0, 0.1) is 0 Å². The van der Waals surface area contributed by atoms with Gasteiger partial charge in [-0.05, 0) is 41.9 Å². The fourth-order valence-electron chi connectivity index (χ4n) is 1.68. The predicted molar refractivity (Wildman–Crippen MR) is 74.1 cm³/mol. The standard InChI is InChI=1S/C13H15BrN2O2/c1-3-17-11-8-9(13-15-5-6-16-13)7-10(14)12(11)18-4-2/h5-8H,3-4H2,1-2H3,(H,15,16). The number of benzene rings is 1. The van der Waals surface area contributed by atoms with Gasteiger partial charge in [0.15, 0.2) is 11.5 Å². The molecular formula is C13H15BrN2O2. The van der Waals surface area contributed by atoms with E-state index in [4.69, 9.17) is 9.47 Å². The van der Waals surface area contributed by atoms with E-state index in [-0.39, 0.29) is 0 Å². The van der Waals surface area contributed by atoms with E-state index >= 15 is 0 Å². The van der Waals surface area contributed by atoms with Gasteiger partial charge in [-0.1, -0.05) is 0 Å². The predicted octanol–water partition coefficient (Wildman–Crippen LogP) is 3.64. The van der Waals surface area contributed by atoms with E-state index in [2.05, 4.69) is 25.9 Å². The highest BCUT2D eigenvalue weighted by Crippen LogP contribution is 2.39. The minimum atomic E-state index is 0.591. The van der Waals surface area contributed by atoms with Crippen molar-refractivity contribution in [3.8, 4) is 22.9 Å². The second-order valence-electron chi connectivity index (χ2n) is 3.59. The average Bonchev–Trinajstić information content (AvgIpc) is 2.87. The third-order valence-corrected chi connectivity index (χ3v) is 2.96. The van der Waals surface area contributed by atoms with Crippen molar-refractivity contribution < 1.29 is 9.47 Å². The van der Waals surface area contributed by atoms with Gasteiger partial charge in [0.1, 0.15) is 5.82 Å². The smallest absolute Gasteiger partial charge is 0.175 e. The Labute approximate surface area is 114 Å². The van der Waals surface area contributed by atoms with E-state index < -0.39 is 0 Å². The summed E-state index contributed by atoms with van der Waals surface area (Å²) in [6.07, 6.45) is 3.51. The number of nitrogens with zero attached hydrogens (tertiary/aromatic N) is 1. The van der Waals surface area contributed by atoms with E-state index in [1.54, 1.807) is 12.4 Å². The van der Waals surface area contributed by atoms with Crippen LogP contribution in [0.25, 0.3) is 11.4 Å². The van der Waals surface area contributed by atoms with E-state index in [9.17, 15) is 0 Å². The second kappa shape index (κ2) is 5.91. The normalized spacial score (nSPS) is 10.4. The number of ether oxygens (including phenoxy) is 2. The van der Waals surface area contributed by atoms with Gasteiger partial charge in [0.2, 0.25) is 0 Å². The van der Waals surface area contributed by atoms with Crippen LogP contribution in [0.4, 0.5) is 0 Å². The largest absolute Gasteiger partial charge is 0.490 e. The topological polar surface area (TPSA) is 47.1 Å². The van der Waals surface area contributed by atoms with E-state index in [1.807, 2.05) is 26.0 Å². The van der Waals surface area contributed by atoms with Crippen LogP contribution in [0.1, 0.15) is 13.8 Å². The van der Waals surface area contributed by atoms with E-state index in [0.717, 1.165) is 27.4 Å². The summed E-state index contributed by atoms with van der Waals surface area (Å²) in [5, 5.41) is 0. The highest BCUT2D eigenvalue weighted by molar-refractivity contribution is 9.10. The molecule has 0 unspecified atom stereocenters. The van der Waals surface area contributed by atoms with Crippen molar-refractivity contribution in [2.45, 2.75) is 13.8 Å². The fourth-order valence-corrected chi connectivity index (χ4v) is 2.23.